The van der Waals surface area contributed by atoms with Gasteiger partial charge in [-0.2, -0.15) is 0 Å². The first-order chi connectivity index (χ1) is 14.9. The van der Waals surface area contributed by atoms with Crippen molar-refractivity contribution in [1.29, 1.82) is 0 Å². The molecule has 3 unspecified atom stereocenters. The molecule has 2 aliphatic heterocycles. The molecule has 0 spiro atoms. The monoisotopic (exact) mass is 561 g/mol. The standard InChI is InChI=1S/C23H36IN3O3S/c1-3-5-7-18-11-17-10-15(19-12-16(19)13-20(17)26(18)24)8-9-22-27(30)25(14-23(28)29)21(31-22)6-4-2/h6,15-16,18-19,22,30H,3-5,7-14H2,1-2H3,(H,28,29)/b21-6-/t15-,16?,18+,19?,22?/m1/s1. The third-order valence-electron chi connectivity index (χ3n) is 7.37. The van der Waals surface area contributed by atoms with E-state index in [4.69, 9.17) is 0 Å². The molecule has 4 rings (SSSR count). The number of nitrogens with zero attached hydrogens (tertiary/aromatic N) is 3. The Hall–Kier alpha value is -0.450. The summed E-state index contributed by atoms with van der Waals surface area (Å²) in [5.41, 5.74) is 3.34. The Morgan fingerprint density at radius 2 is 2.03 bits per heavy atom. The fraction of sp³-hybridized carbons (Fsp3) is 0.783. The second-order valence-corrected chi connectivity index (χ2v) is 11.8. The predicted molar refractivity (Wildman–Crippen MR) is 132 cm³/mol. The topological polar surface area (TPSA) is 67.2 Å². The number of rotatable bonds is 9. The third-order valence-corrected chi connectivity index (χ3v) is 10.1. The SMILES string of the molecule is CC/C=C1\SC(CC[C@@H]2CC3=C(CC4CC42)N(I)[C@@H](CCCC)C3)N(O)N1CC(=O)O. The van der Waals surface area contributed by atoms with Gasteiger partial charge in [0.2, 0.25) is 0 Å². The number of thioether (sulfide) groups is 1. The van der Waals surface area contributed by atoms with Gasteiger partial charge in [-0.3, -0.25) is 15.0 Å². The fourth-order valence-corrected chi connectivity index (χ4v) is 7.99. The van der Waals surface area contributed by atoms with E-state index in [1.165, 1.54) is 55.1 Å². The van der Waals surface area contributed by atoms with E-state index in [0.717, 1.165) is 36.1 Å². The fourth-order valence-electron chi connectivity index (χ4n) is 5.70. The number of allylic oxidation sites excluding steroid dienone is 2. The van der Waals surface area contributed by atoms with E-state index in [0.29, 0.717) is 12.0 Å². The minimum Gasteiger partial charge on any atom is -0.480 e. The number of hydroxylamine groups is 1. The van der Waals surface area contributed by atoms with Gasteiger partial charge in [0, 0.05) is 11.7 Å². The van der Waals surface area contributed by atoms with Gasteiger partial charge in [0.25, 0.3) is 0 Å². The summed E-state index contributed by atoms with van der Waals surface area (Å²) in [5.74, 6) is 1.46. The summed E-state index contributed by atoms with van der Waals surface area (Å²) >= 11 is 4.18. The largest absolute Gasteiger partial charge is 0.480 e. The van der Waals surface area contributed by atoms with Crippen molar-refractivity contribution in [3.8, 4) is 0 Å². The summed E-state index contributed by atoms with van der Waals surface area (Å²) < 4.78 is 2.58. The zero-order valence-electron chi connectivity index (χ0n) is 18.7. The first-order valence-corrected chi connectivity index (χ1v) is 13.8. The summed E-state index contributed by atoms with van der Waals surface area (Å²) in [5, 5.41) is 23.4. The summed E-state index contributed by atoms with van der Waals surface area (Å²) in [6.07, 6.45) is 13.8. The number of carbonyl (C=O) groups is 1. The molecular formula is C23H36IN3O3S. The van der Waals surface area contributed by atoms with Crippen LogP contribution in [0.25, 0.3) is 0 Å². The molecule has 2 N–H and O–H groups in total. The van der Waals surface area contributed by atoms with Crippen LogP contribution in [0.3, 0.4) is 0 Å². The maximum Gasteiger partial charge on any atom is 0.324 e. The lowest BCUT2D eigenvalue weighted by Gasteiger charge is -2.26. The van der Waals surface area contributed by atoms with Crippen LogP contribution in [0.1, 0.15) is 78.1 Å². The van der Waals surface area contributed by atoms with E-state index in [2.05, 4.69) is 32.9 Å². The molecule has 2 fully saturated rings. The highest BCUT2D eigenvalue weighted by Gasteiger charge is 2.48. The molecule has 0 radical (unpaired) electrons. The Bertz CT molecular complexity index is 746. The molecule has 0 aromatic heterocycles. The van der Waals surface area contributed by atoms with E-state index in [-0.39, 0.29) is 11.9 Å². The summed E-state index contributed by atoms with van der Waals surface area (Å²) in [4.78, 5) is 11.2. The van der Waals surface area contributed by atoms with E-state index in [9.17, 15) is 15.1 Å². The molecule has 174 valence electrons. The Morgan fingerprint density at radius 3 is 2.74 bits per heavy atom. The molecule has 2 aliphatic carbocycles. The van der Waals surface area contributed by atoms with Gasteiger partial charge in [0.1, 0.15) is 11.9 Å². The molecule has 2 heterocycles. The van der Waals surface area contributed by atoms with Crippen LogP contribution < -0.4 is 0 Å². The molecule has 0 amide bonds. The van der Waals surface area contributed by atoms with Gasteiger partial charge in [-0.05, 0) is 74.7 Å². The van der Waals surface area contributed by atoms with Crippen molar-refractivity contribution in [1.82, 2.24) is 13.3 Å². The predicted octanol–water partition coefficient (Wildman–Crippen LogP) is 6.00. The molecule has 0 aromatic rings. The van der Waals surface area contributed by atoms with E-state index in [1.54, 1.807) is 23.0 Å². The maximum atomic E-state index is 11.2. The first kappa shape index (κ1) is 23.7. The Morgan fingerprint density at radius 1 is 1.23 bits per heavy atom. The number of fused-ring (bicyclic) bond motifs is 1. The van der Waals surface area contributed by atoms with Crippen molar-refractivity contribution >= 4 is 40.6 Å². The molecule has 4 aliphatic rings. The van der Waals surface area contributed by atoms with Crippen LogP contribution in [0.2, 0.25) is 0 Å². The second-order valence-electron chi connectivity index (χ2n) is 9.56. The Labute approximate surface area is 204 Å². The van der Waals surface area contributed by atoms with Gasteiger partial charge >= 0.3 is 5.97 Å². The van der Waals surface area contributed by atoms with E-state index < -0.39 is 5.97 Å². The van der Waals surface area contributed by atoms with Crippen molar-refractivity contribution in [2.75, 3.05) is 6.54 Å². The number of carboxylic acids is 1. The van der Waals surface area contributed by atoms with Crippen molar-refractivity contribution in [3.63, 3.8) is 0 Å². The second kappa shape index (κ2) is 10.2. The maximum absolute atomic E-state index is 11.2. The number of aliphatic carboxylic acids is 1. The molecule has 6 nitrogen and oxygen atoms in total. The smallest absolute Gasteiger partial charge is 0.324 e. The number of hydrogen-bond acceptors (Lipinski definition) is 6. The number of hydrazine groups is 1. The van der Waals surface area contributed by atoms with Crippen molar-refractivity contribution in [2.45, 2.75) is 89.5 Å². The van der Waals surface area contributed by atoms with Crippen molar-refractivity contribution < 1.29 is 15.1 Å². The number of carboxylic acid groups (broad SMARTS) is 1. The summed E-state index contributed by atoms with van der Waals surface area (Å²) in [6, 6.07) is 0.686. The van der Waals surface area contributed by atoms with Crippen LogP contribution >= 0.6 is 34.6 Å². The van der Waals surface area contributed by atoms with Crippen LogP contribution in [-0.4, -0.2) is 47.5 Å². The minimum atomic E-state index is -0.923. The van der Waals surface area contributed by atoms with Crippen LogP contribution in [0, 0.1) is 17.8 Å². The van der Waals surface area contributed by atoms with Crippen LogP contribution in [0.5, 0.6) is 0 Å². The van der Waals surface area contributed by atoms with Gasteiger partial charge in [-0.15, -0.1) is 0 Å². The molecule has 31 heavy (non-hydrogen) atoms. The normalized spacial score (nSPS) is 34.3. The third kappa shape index (κ3) is 5.22. The zero-order chi connectivity index (χ0) is 22.1. The highest BCUT2D eigenvalue weighted by Crippen LogP contribution is 2.57. The van der Waals surface area contributed by atoms with Crippen LogP contribution in [0.4, 0.5) is 0 Å². The molecule has 1 saturated carbocycles. The molecule has 0 bridgehead atoms. The van der Waals surface area contributed by atoms with Gasteiger partial charge < -0.3 is 8.22 Å². The molecule has 5 atom stereocenters. The lowest BCUT2D eigenvalue weighted by atomic mass is 9.89. The van der Waals surface area contributed by atoms with Crippen LogP contribution in [-0.2, 0) is 4.79 Å². The average molecular weight is 562 g/mol. The number of halogens is 1. The van der Waals surface area contributed by atoms with Gasteiger partial charge in [0.05, 0.1) is 27.9 Å². The lowest BCUT2D eigenvalue weighted by Crippen LogP contribution is -2.40. The molecule has 8 heteroatoms. The average Bonchev–Trinajstić information content (AvgIpc) is 3.39. The van der Waals surface area contributed by atoms with Gasteiger partial charge in [0.15, 0.2) is 0 Å². The van der Waals surface area contributed by atoms with Crippen molar-refractivity contribution in [3.05, 3.63) is 22.4 Å². The molecule has 0 aromatic carbocycles. The van der Waals surface area contributed by atoms with E-state index >= 15 is 0 Å². The minimum absolute atomic E-state index is 0.0898. The number of hydrogen-bond donors (Lipinski definition) is 2. The quantitative estimate of drug-likeness (QED) is 0.265. The molecular weight excluding hydrogens is 525 g/mol. The van der Waals surface area contributed by atoms with Gasteiger partial charge in [-0.25, -0.2) is 0 Å². The van der Waals surface area contributed by atoms with Crippen molar-refractivity contribution in [2.24, 2.45) is 17.8 Å². The highest BCUT2D eigenvalue weighted by molar-refractivity contribution is 14.1. The lowest BCUT2D eigenvalue weighted by molar-refractivity contribution is -0.229. The highest BCUT2D eigenvalue weighted by atomic mass is 127. The zero-order valence-corrected chi connectivity index (χ0v) is 21.6. The van der Waals surface area contributed by atoms with Gasteiger partial charge in [-0.1, -0.05) is 49.7 Å². The van der Waals surface area contributed by atoms with E-state index in [1.807, 2.05) is 13.0 Å². The van der Waals surface area contributed by atoms with Crippen LogP contribution in [0.15, 0.2) is 22.4 Å². The first-order valence-electron chi connectivity index (χ1n) is 11.9. The summed E-state index contributed by atoms with van der Waals surface area (Å²) in [7, 11) is 0. The number of unbranched alkanes of at least 4 members (excludes halogenated alkanes) is 1. The molecule has 1 saturated heterocycles. The Kier molecular flexibility index (Phi) is 7.81. The Balaban J connectivity index is 1.37. The summed E-state index contributed by atoms with van der Waals surface area (Å²) in [6.45, 7) is 4.12.